The third-order valence-electron chi connectivity index (χ3n) is 3.14. The molecule has 6 heteroatoms. The standard InChI is InChI=1S/C12H18INO4/c1-12(2,3)18-11(16)14-8-6-4-5-7(13)9(8)17-10(6)15/h6-9H,4-5H2,1-3H3,(H,14,16)/t6-,7-,8-,9-/m0/s1. The summed E-state index contributed by atoms with van der Waals surface area (Å²) in [6.07, 6.45) is 1.02. The largest absolute Gasteiger partial charge is 0.459 e. The lowest BCUT2D eigenvalue weighted by Crippen LogP contribution is -2.51. The quantitative estimate of drug-likeness (QED) is 0.438. The number of rotatable bonds is 1. The summed E-state index contributed by atoms with van der Waals surface area (Å²) in [6.45, 7) is 5.43. The Morgan fingerprint density at radius 3 is 2.72 bits per heavy atom. The van der Waals surface area contributed by atoms with Gasteiger partial charge in [-0.15, -0.1) is 0 Å². The van der Waals surface area contributed by atoms with E-state index in [1.807, 2.05) is 20.8 Å². The second-order valence-electron chi connectivity index (χ2n) is 5.77. The minimum Gasteiger partial charge on any atom is -0.459 e. The number of alkyl carbamates (subject to hydrolysis) is 1. The molecule has 0 spiro atoms. The minimum absolute atomic E-state index is 0.194. The molecule has 1 aliphatic heterocycles. The van der Waals surface area contributed by atoms with Crippen molar-refractivity contribution in [3.63, 3.8) is 0 Å². The first-order valence-corrected chi connectivity index (χ1v) is 7.36. The third kappa shape index (κ3) is 2.89. The molecule has 2 fully saturated rings. The summed E-state index contributed by atoms with van der Waals surface area (Å²) in [7, 11) is 0. The zero-order valence-electron chi connectivity index (χ0n) is 10.7. The molecule has 5 nitrogen and oxygen atoms in total. The lowest BCUT2D eigenvalue weighted by molar-refractivity contribution is -0.143. The molecule has 0 aromatic heterocycles. The van der Waals surface area contributed by atoms with Crippen LogP contribution < -0.4 is 5.32 Å². The second kappa shape index (κ2) is 4.86. The molecule has 1 amide bonds. The van der Waals surface area contributed by atoms with Gasteiger partial charge in [0.15, 0.2) is 0 Å². The van der Waals surface area contributed by atoms with Gasteiger partial charge in [0.05, 0.1) is 15.9 Å². The summed E-state index contributed by atoms with van der Waals surface area (Å²) in [5, 5.41) is 2.79. The Labute approximate surface area is 120 Å². The molecule has 0 radical (unpaired) electrons. The highest BCUT2D eigenvalue weighted by Crippen LogP contribution is 2.38. The Hall–Kier alpha value is -0.530. The number of halogens is 1. The molecule has 4 atom stereocenters. The zero-order valence-corrected chi connectivity index (χ0v) is 12.9. The van der Waals surface area contributed by atoms with Crippen molar-refractivity contribution in [2.45, 2.75) is 55.3 Å². The molecule has 102 valence electrons. The van der Waals surface area contributed by atoms with Gasteiger partial charge >= 0.3 is 12.1 Å². The number of carbonyl (C=O) groups is 2. The number of hydrogen-bond acceptors (Lipinski definition) is 4. The Morgan fingerprint density at radius 1 is 1.44 bits per heavy atom. The van der Waals surface area contributed by atoms with Gasteiger partial charge in [-0.2, -0.15) is 0 Å². The van der Waals surface area contributed by atoms with Gasteiger partial charge in [-0.1, -0.05) is 22.6 Å². The molecule has 1 saturated carbocycles. The number of alkyl halides is 1. The molecule has 1 N–H and O–H groups in total. The van der Waals surface area contributed by atoms with E-state index < -0.39 is 11.7 Å². The smallest absolute Gasteiger partial charge is 0.408 e. The summed E-state index contributed by atoms with van der Waals surface area (Å²) in [5.41, 5.74) is -0.535. The highest BCUT2D eigenvalue weighted by Gasteiger charge is 2.51. The van der Waals surface area contributed by atoms with Crippen LogP contribution in [0.3, 0.4) is 0 Å². The van der Waals surface area contributed by atoms with Gasteiger partial charge in [0.2, 0.25) is 0 Å². The van der Waals surface area contributed by atoms with Crippen LogP contribution in [-0.4, -0.2) is 33.7 Å². The minimum atomic E-state index is -0.535. The molecule has 1 saturated heterocycles. The van der Waals surface area contributed by atoms with E-state index in [1.54, 1.807) is 0 Å². The van der Waals surface area contributed by atoms with E-state index in [2.05, 4.69) is 27.9 Å². The Balaban J connectivity index is 2.01. The van der Waals surface area contributed by atoms with Gasteiger partial charge in [-0.25, -0.2) is 4.79 Å². The highest BCUT2D eigenvalue weighted by molar-refractivity contribution is 14.1. The van der Waals surface area contributed by atoms with Crippen molar-refractivity contribution in [3.8, 4) is 0 Å². The average molecular weight is 367 g/mol. The van der Waals surface area contributed by atoms with E-state index in [0.717, 1.165) is 12.8 Å². The number of carbonyl (C=O) groups excluding carboxylic acids is 2. The summed E-state index contributed by atoms with van der Waals surface area (Å²) in [6, 6.07) is -0.247. The highest BCUT2D eigenvalue weighted by atomic mass is 127. The van der Waals surface area contributed by atoms with Crippen molar-refractivity contribution in [3.05, 3.63) is 0 Å². The normalized spacial score (nSPS) is 35.0. The molecule has 0 aromatic rings. The van der Waals surface area contributed by atoms with Crippen molar-refractivity contribution in [2.24, 2.45) is 5.92 Å². The van der Waals surface area contributed by atoms with E-state index in [1.165, 1.54) is 0 Å². The van der Waals surface area contributed by atoms with Crippen molar-refractivity contribution in [1.82, 2.24) is 5.32 Å². The maximum Gasteiger partial charge on any atom is 0.408 e. The van der Waals surface area contributed by atoms with Gasteiger partial charge in [0.1, 0.15) is 11.7 Å². The number of esters is 1. The van der Waals surface area contributed by atoms with E-state index in [4.69, 9.17) is 9.47 Å². The average Bonchev–Trinajstić information content (AvgIpc) is 2.40. The van der Waals surface area contributed by atoms with E-state index in [0.29, 0.717) is 0 Å². The molecular weight excluding hydrogens is 349 g/mol. The van der Waals surface area contributed by atoms with Crippen molar-refractivity contribution >= 4 is 34.7 Å². The van der Waals surface area contributed by atoms with Crippen LogP contribution in [0.1, 0.15) is 33.6 Å². The van der Waals surface area contributed by atoms with Crippen molar-refractivity contribution in [1.29, 1.82) is 0 Å². The van der Waals surface area contributed by atoms with Crippen LogP contribution in [0.4, 0.5) is 4.79 Å². The predicted molar refractivity (Wildman–Crippen MR) is 73.6 cm³/mol. The summed E-state index contributed by atoms with van der Waals surface area (Å²) < 4.78 is 10.8. The van der Waals surface area contributed by atoms with Gasteiger partial charge in [-0.05, 0) is 33.6 Å². The second-order valence-corrected chi connectivity index (χ2v) is 7.37. The van der Waals surface area contributed by atoms with Gasteiger partial charge < -0.3 is 14.8 Å². The fourth-order valence-corrected chi connectivity index (χ4v) is 3.35. The number of hydrogen-bond donors (Lipinski definition) is 1. The summed E-state index contributed by atoms with van der Waals surface area (Å²) in [5.74, 6) is -0.409. The molecule has 0 aromatic carbocycles. The van der Waals surface area contributed by atoms with Crippen LogP contribution in [0.25, 0.3) is 0 Å². The Kier molecular flexibility index (Phi) is 3.75. The van der Waals surface area contributed by atoms with Crippen LogP contribution in [0.2, 0.25) is 0 Å². The Morgan fingerprint density at radius 2 is 2.11 bits per heavy atom. The van der Waals surface area contributed by atoms with Crippen LogP contribution in [-0.2, 0) is 14.3 Å². The number of amides is 1. The number of fused-ring (bicyclic) bond motifs is 2. The lowest BCUT2D eigenvalue weighted by atomic mass is 9.85. The first kappa shape index (κ1) is 13.9. The monoisotopic (exact) mass is 367 g/mol. The van der Waals surface area contributed by atoms with Gasteiger partial charge in [0, 0.05) is 0 Å². The fraction of sp³-hybridized carbons (Fsp3) is 0.833. The van der Waals surface area contributed by atoms with Crippen molar-refractivity contribution < 1.29 is 19.1 Å². The van der Waals surface area contributed by atoms with Crippen molar-refractivity contribution in [2.75, 3.05) is 0 Å². The fourth-order valence-electron chi connectivity index (χ4n) is 2.40. The maximum atomic E-state index is 11.8. The van der Waals surface area contributed by atoms with E-state index in [-0.39, 0.29) is 28.0 Å². The zero-order chi connectivity index (χ0) is 13.5. The van der Waals surface area contributed by atoms with Gasteiger partial charge in [-0.3, -0.25) is 4.79 Å². The van der Waals surface area contributed by atoms with Crippen LogP contribution in [0, 0.1) is 5.92 Å². The molecular formula is C12H18INO4. The molecule has 0 unspecified atom stereocenters. The summed E-state index contributed by atoms with van der Waals surface area (Å²) in [4.78, 5) is 23.4. The van der Waals surface area contributed by atoms with Gasteiger partial charge in [0.25, 0.3) is 0 Å². The molecule has 2 rings (SSSR count). The van der Waals surface area contributed by atoms with E-state index in [9.17, 15) is 9.59 Å². The SMILES string of the molecule is CC(C)(C)OC(=O)N[C@@H]1[C@H]2OC(=O)[C@H]1CC[C@@H]2I. The van der Waals surface area contributed by atoms with Crippen LogP contribution >= 0.6 is 22.6 Å². The van der Waals surface area contributed by atoms with Crippen LogP contribution in [0.5, 0.6) is 0 Å². The topological polar surface area (TPSA) is 64.6 Å². The lowest BCUT2D eigenvalue weighted by Gasteiger charge is -2.31. The first-order chi connectivity index (χ1) is 8.28. The molecule has 2 bridgehead atoms. The molecule has 1 aliphatic carbocycles. The van der Waals surface area contributed by atoms with E-state index >= 15 is 0 Å². The molecule has 18 heavy (non-hydrogen) atoms. The predicted octanol–water partition coefficient (Wildman–Crippen LogP) is 2.02. The molecule has 2 aliphatic rings. The van der Waals surface area contributed by atoms with Crippen LogP contribution in [0.15, 0.2) is 0 Å². The third-order valence-corrected chi connectivity index (χ3v) is 4.47. The maximum absolute atomic E-state index is 11.8. The molecule has 1 heterocycles. The number of ether oxygens (including phenoxy) is 2. The first-order valence-electron chi connectivity index (χ1n) is 6.12. The number of nitrogens with one attached hydrogen (secondary N) is 1. The Bertz CT molecular complexity index is 366. The summed E-state index contributed by atoms with van der Waals surface area (Å²) >= 11 is 2.28.